The van der Waals surface area contributed by atoms with Gasteiger partial charge in [-0.05, 0) is 35.9 Å². The average molecular weight is 306 g/mol. The SMILES string of the molecule is COc1ccc(Oc2cc(CCl)cc(C(C)(C)C)n2)cc1. The van der Waals surface area contributed by atoms with Crippen LogP contribution in [0.25, 0.3) is 0 Å². The maximum absolute atomic E-state index is 5.96. The van der Waals surface area contributed by atoms with Crippen LogP contribution in [0.5, 0.6) is 17.4 Å². The second-order valence-electron chi connectivity index (χ2n) is 5.86. The molecule has 0 amide bonds. The molecule has 2 rings (SSSR count). The molecule has 0 N–H and O–H groups in total. The van der Waals surface area contributed by atoms with Crippen LogP contribution in [-0.2, 0) is 11.3 Å². The average Bonchev–Trinajstić information content (AvgIpc) is 2.46. The van der Waals surface area contributed by atoms with E-state index in [1.807, 2.05) is 36.4 Å². The molecule has 0 atom stereocenters. The highest BCUT2D eigenvalue weighted by Gasteiger charge is 2.17. The lowest BCUT2D eigenvalue weighted by Gasteiger charge is -2.19. The van der Waals surface area contributed by atoms with Crippen LogP contribution in [0.15, 0.2) is 36.4 Å². The van der Waals surface area contributed by atoms with Crippen LogP contribution in [-0.4, -0.2) is 12.1 Å². The normalized spacial score (nSPS) is 11.3. The number of hydrogen-bond donors (Lipinski definition) is 0. The Morgan fingerprint density at radius 2 is 1.67 bits per heavy atom. The predicted octanol–water partition coefficient (Wildman–Crippen LogP) is 4.92. The molecule has 1 aromatic heterocycles. The van der Waals surface area contributed by atoms with Crippen molar-refractivity contribution in [3.63, 3.8) is 0 Å². The van der Waals surface area contributed by atoms with Crippen LogP contribution in [0.1, 0.15) is 32.0 Å². The zero-order valence-electron chi connectivity index (χ0n) is 12.8. The molecule has 2 aromatic rings. The third kappa shape index (κ3) is 4.11. The van der Waals surface area contributed by atoms with Gasteiger partial charge in [0.05, 0.1) is 12.8 Å². The highest BCUT2D eigenvalue weighted by Crippen LogP contribution is 2.28. The smallest absolute Gasteiger partial charge is 0.219 e. The highest BCUT2D eigenvalue weighted by atomic mass is 35.5. The molecule has 3 nitrogen and oxygen atoms in total. The molecule has 0 saturated carbocycles. The summed E-state index contributed by atoms with van der Waals surface area (Å²) in [6.45, 7) is 6.35. The van der Waals surface area contributed by atoms with Crippen molar-refractivity contribution < 1.29 is 9.47 Å². The minimum absolute atomic E-state index is 0.0555. The van der Waals surface area contributed by atoms with Gasteiger partial charge in [-0.25, -0.2) is 4.98 Å². The highest BCUT2D eigenvalue weighted by molar-refractivity contribution is 6.17. The number of nitrogens with zero attached hydrogens (tertiary/aromatic N) is 1. The maximum atomic E-state index is 5.96. The Bertz CT molecular complexity index is 603. The van der Waals surface area contributed by atoms with E-state index in [9.17, 15) is 0 Å². The standard InChI is InChI=1S/C17H20ClNO2/c1-17(2,3)15-9-12(11-18)10-16(19-15)21-14-7-5-13(20-4)6-8-14/h5-10H,11H2,1-4H3. The molecule has 0 saturated heterocycles. The minimum Gasteiger partial charge on any atom is -0.497 e. The zero-order chi connectivity index (χ0) is 15.5. The zero-order valence-corrected chi connectivity index (χ0v) is 13.6. The van der Waals surface area contributed by atoms with Gasteiger partial charge in [-0.3, -0.25) is 0 Å². The van der Waals surface area contributed by atoms with E-state index in [4.69, 9.17) is 21.1 Å². The van der Waals surface area contributed by atoms with Crippen molar-refractivity contribution in [2.45, 2.75) is 32.1 Å². The Morgan fingerprint density at radius 1 is 1.05 bits per heavy atom. The van der Waals surface area contributed by atoms with Gasteiger partial charge >= 0.3 is 0 Å². The molecule has 4 heteroatoms. The third-order valence-corrected chi connectivity index (χ3v) is 3.37. The lowest BCUT2D eigenvalue weighted by atomic mass is 9.91. The summed E-state index contributed by atoms with van der Waals surface area (Å²) in [7, 11) is 1.64. The topological polar surface area (TPSA) is 31.4 Å². The summed E-state index contributed by atoms with van der Waals surface area (Å²) in [6.07, 6.45) is 0. The quantitative estimate of drug-likeness (QED) is 0.751. The van der Waals surface area contributed by atoms with Crippen molar-refractivity contribution in [1.82, 2.24) is 4.98 Å². The van der Waals surface area contributed by atoms with Gasteiger partial charge in [0.25, 0.3) is 0 Å². The van der Waals surface area contributed by atoms with E-state index in [0.29, 0.717) is 11.8 Å². The number of benzene rings is 1. The Hall–Kier alpha value is -1.74. The largest absolute Gasteiger partial charge is 0.497 e. The summed E-state index contributed by atoms with van der Waals surface area (Å²) in [4.78, 5) is 4.58. The summed E-state index contributed by atoms with van der Waals surface area (Å²) in [5.41, 5.74) is 1.91. The van der Waals surface area contributed by atoms with Gasteiger partial charge in [-0.15, -0.1) is 11.6 Å². The van der Waals surface area contributed by atoms with Crippen molar-refractivity contribution in [3.05, 3.63) is 47.7 Å². The third-order valence-electron chi connectivity index (χ3n) is 3.07. The molecule has 0 bridgehead atoms. The molecule has 0 radical (unpaired) electrons. The Morgan fingerprint density at radius 3 is 2.19 bits per heavy atom. The number of aromatic nitrogens is 1. The molecule has 0 spiro atoms. The van der Waals surface area contributed by atoms with Crippen molar-refractivity contribution in [3.8, 4) is 17.4 Å². The van der Waals surface area contributed by atoms with E-state index in [1.165, 1.54) is 0 Å². The lowest BCUT2D eigenvalue weighted by Crippen LogP contribution is -2.14. The van der Waals surface area contributed by atoms with Crippen molar-refractivity contribution >= 4 is 11.6 Å². The van der Waals surface area contributed by atoms with Crippen molar-refractivity contribution in [2.24, 2.45) is 0 Å². The summed E-state index contributed by atoms with van der Waals surface area (Å²) in [5.74, 6) is 2.50. The summed E-state index contributed by atoms with van der Waals surface area (Å²) < 4.78 is 11.0. The van der Waals surface area contributed by atoms with Crippen LogP contribution in [0.2, 0.25) is 0 Å². The van der Waals surface area contributed by atoms with Gasteiger partial charge in [0.15, 0.2) is 0 Å². The van der Waals surface area contributed by atoms with E-state index in [0.717, 1.165) is 22.8 Å². The molecule has 0 unspecified atom stereocenters. The van der Waals surface area contributed by atoms with Gasteiger partial charge < -0.3 is 9.47 Å². The Labute approximate surface area is 130 Å². The molecule has 0 fully saturated rings. The predicted molar refractivity (Wildman–Crippen MR) is 85.6 cm³/mol. The van der Waals surface area contributed by atoms with E-state index < -0.39 is 0 Å². The first kappa shape index (κ1) is 15.6. The van der Waals surface area contributed by atoms with Crippen LogP contribution in [0, 0.1) is 0 Å². The van der Waals surface area contributed by atoms with Crippen LogP contribution in [0.3, 0.4) is 0 Å². The van der Waals surface area contributed by atoms with Gasteiger partial charge in [-0.1, -0.05) is 20.8 Å². The van der Waals surface area contributed by atoms with E-state index in [-0.39, 0.29) is 5.41 Å². The van der Waals surface area contributed by atoms with Crippen molar-refractivity contribution in [1.29, 1.82) is 0 Å². The fourth-order valence-electron chi connectivity index (χ4n) is 1.84. The number of hydrogen-bond acceptors (Lipinski definition) is 3. The van der Waals surface area contributed by atoms with Gasteiger partial charge in [0, 0.05) is 17.4 Å². The summed E-state index contributed by atoms with van der Waals surface area (Å²) in [6, 6.07) is 11.3. The van der Waals surface area contributed by atoms with E-state index in [2.05, 4.69) is 25.8 Å². The molecule has 1 heterocycles. The number of alkyl halides is 1. The van der Waals surface area contributed by atoms with Gasteiger partial charge in [-0.2, -0.15) is 0 Å². The molecule has 1 aromatic carbocycles. The molecule has 0 aliphatic heterocycles. The van der Waals surface area contributed by atoms with E-state index in [1.54, 1.807) is 7.11 Å². The molecule has 21 heavy (non-hydrogen) atoms. The minimum atomic E-state index is -0.0555. The monoisotopic (exact) mass is 305 g/mol. The molecule has 0 aliphatic carbocycles. The van der Waals surface area contributed by atoms with Crippen LogP contribution >= 0.6 is 11.6 Å². The van der Waals surface area contributed by atoms with Gasteiger partial charge in [0.2, 0.25) is 5.88 Å². The van der Waals surface area contributed by atoms with Crippen LogP contribution < -0.4 is 9.47 Å². The first-order valence-electron chi connectivity index (χ1n) is 6.81. The molecular formula is C17H20ClNO2. The fraction of sp³-hybridized carbons (Fsp3) is 0.353. The molecule has 112 valence electrons. The van der Waals surface area contributed by atoms with E-state index >= 15 is 0 Å². The summed E-state index contributed by atoms with van der Waals surface area (Å²) in [5, 5.41) is 0. The number of pyridine rings is 1. The molecular weight excluding hydrogens is 286 g/mol. The van der Waals surface area contributed by atoms with Gasteiger partial charge in [0.1, 0.15) is 11.5 Å². The number of methoxy groups -OCH3 is 1. The lowest BCUT2D eigenvalue weighted by molar-refractivity contribution is 0.411. The fourth-order valence-corrected chi connectivity index (χ4v) is 1.99. The number of rotatable bonds is 4. The first-order valence-corrected chi connectivity index (χ1v) is 7.35. The Balaban J connectivity index is 2.29. The summed E-state index contributed by atoms with van der Waals surface area (Å²) >= 11 is 5.96. The molecule has 0 aliphatic rings. The Kier molecular flexibility index (Phi) is 4.73. The second-order valence-corrected chi connectivity index (χ2v) is 6.13. The first-order chi connectivity index (χ1) is 9.92. The maximum Gasteiger partial charge on any atom is 0.219 e. The van der Waals surface area contributed by atoms with Crippen LogP contribution in [0.4, 0.5) is 0 Å². The van der Waals surface area contributed by atoms with Crippen molar-refractivity contribution in [2.75, 3.05) is 7.11 Å². The second kappa shape index (κ2) is 6.35. The number of ether oxygens (including phenoxy) is 2. The number of halogens is 1.